The Hall–Kier alpha value is -1.95. The molecule has 2 aromatic heterocycles. The van der Waals surface area contributed by atoms with Crippen molar-refractivity contribution < 1.29 is 4.79 Å². The van der Waals surface area contributed by atoms with Gasteiger partial charge in [0.1, 0.15) is 0 Å². The predicted molar refractivity (Wildman–Crippen MR) is 97.0 cm³/mol. The van der Waals surface area contributed by atoms with E-state index >= 15 is 0 Å². The van der Waals surface area contributed by atoms with Gasteiger partial charge in [-0.3, -0.25) is 9.78 Å². The number of rotatable bonds is 5. The van der Waals surface area contributed by atoms with Gasteiger partial charge in [0.25, 0.3) is 0 Å². The molecule has 6 heteroatoms. The highest BCUT2D eigenvalue weighted by Gasteiger charge is 2.31. The molecule has 0 aromatic carbocycles. The number of aromatic nitrogens is 2. The van der Waals surface area contributed by atoms with Gasteiger partial charge in [0.15, 0.2) is 5.13 Å². The number of hydrogen-bond donors (Lipinski definition) is 0. The van der Waals surface area contributed by atoms with Crippen LogP contribution in [-0.2, 0) is 11.3 Å². The molecular weight excluding hydrogens is 320 g/mol. The Morgan fingerprint density at radius 2 is 2.33 bits per heavy atom. The van der Waals surface area contributed by atoms with Gasteiger partial charge in [-0.25, -0.2) is 4.98 Å². The topological polar surface area (TPSA) is 49.3 Å². The Morgan fingerprint density at radius 3 is 3.00 bits per heavy atom. The molecular formula is C18H24N4OS. The van der Waals surface area contributed by atoms with E-state index < -0.39 is 0 Å². The Bertz CT molecular complexity index is 644. The molecule has 1 fully saturated rings. The monoisotopic (exact) mass is 344 g/mol. The molecule has 1 aliphatic rings. The normalized spacial score (nSPS) is 18.0. The number of anilines is 1. The first kappa shape index (κ1) is 16.9. The molecule has 1 aliphatic heterocycles. The molecule has 5 nitrogen and oxygen atoms in total. The summed E-state index contributed by atoms with van der Waals surface area (Å²) in [7, 11) is 0. The van der Waals surface area contributed by atoms with Gasteiger partial charge in [0.05, 0.1) is 5.92 Å². The van der Waals surface area contributed by atoms with Crippen LogP contribution in [0.3, 0.4) is 0 Å². The summed E-state index contributed by atoms with van der Waals surface area (Å²) < 4.78 is 0. The maximum Gasteiger partial charge on any atom is 0.228 e. The summed E-state index contributed by atoms with van der Waals surface area (Å²) in [6, 6.07) is 4.12. The Labute approximate surface area is 147 Å². The standard InChI is InChI=1S/C18H24N4OS/c1-14(2)22(12-15-5-3-7-19-11-15)17(23)16-6-4-9-21(13-16)18-20-8-10-24-18/h3,5,7-8,10-11,14,16H,4,6,9,12-13H2,1-2H3/t16-/m0/s1. The molecule has 1 saturated heterocycles. The first-order valence-corrected chi connectivity index (χ1v) is 9.37. The van der Waals surface area contributed by atoms with Crippen LogP contribution in [0.25, 0.3) is 0 Å². The number of piperidine rings is 1. The number of thiazole rings is 1. The lowest BCUT2D eigenvalue weighted by Crippen LogP contribution is -2.46. The van der Waals surface area contributed by atoms with Crippen LogP contribution in [0, 0.1) is 5.92 Å². The summed E-state index contributed by atoms with van der Waals surface area (Å²) in [4.78, 5) is 25.9. The molecule has 24 heavy (non-hydrogen) atoms. The number of carbonyl (C=O) groups is 1. The highest BCUT2D eigenvalue weighted by atomic mass is 32.1. The van der Waals surface area contributed by atoms with E-state index in [0.717, 1.165) is 36.6 Å². The molecule has 0 bridgehead atoms. The van der Waals surface area contributed by atoms with E-state index in [9.17, 15) is 4.79 Å². The van der Waals surface area contributed by atoms with Crippen LogP contribution in [-0.4, -0.2) is 39.9 Å². The number of nitrogens with zero attached hydrogens (tertiary/aromatic N) is 4. The predicted octanol–water partition coefficient (Wildman–Crippen LogP) is 3.19. The summed E-state index contributed by atoms with van der Waals surface area (Å²) in [6.07, 6.45) is 7.42. The van der Waals surface area contributed by atoms with Gasteiger partial charge in [-0.2, -0.15) is 0 Å². The fourth-order valence-electron chi connectivity index (χ4n) is 3.16. The first-order valence-electron chi connectivity index (χ1n) is 8.49. The van der Waals surface area contributed by atoms with Crippen LogP contribution in [0.15, 0.2) is 36.1 Å². The van der Waals surface area contributed by atoms with Crippen LogP contribution in [0.5, 0.6) is 0 Å². The molecule has 1 atom stereocenters. The van der Waals surface area contributed by atoms with Crippen LogP contribution in [0.1, 0.15) is 32.3 Å². The molecule has 0 radical (unpaired) electrons. The van der Waals surface area contributed by atoms with E-state index in [-0.39, 0.29) is 17.9 Å². The highest BCUT2D eigenvalue weighted by Crippen LogP contribution is 2.26. The molecule has 0 N–H and O–H groups in total. The van der Waals surface area contributed by atoms with Gasteiger partial charge < -0.3 is 9.80 Å². The maximum absolute atomic E-state index is 13.1. The highest BCUT2D eigenvalue weighted by molar-refractivity contribution is 7.13. The second kappa shape index (κ2) is 7.75. The Balaban J connectivity index is 1.70. The second-order valence-electron chi connectivity index (χ2n) is 6.52. The minimum atomic E-state index is 0.0433. The molecule has 0 spiro atoms. The van der Waals surface area contributed by atoms with E-state index in [4.69, 9.17) is 0 Å². The minimum absolute atomic E-state index is 0.0433. The van der Waals surface area contributed by atoms with Crippen molar-refractivity contribution in [3.63, 3.8) is 0 Å². The first-order chi connectivity index (χ1) is 11.6. The van der Waals surface area contributed by atoms with Crippen molar-refractivity contribution in [2.45, 2.75) is 39.3 Å². The minimum Gasteiger partial charge on any atom is -0.347 e. The van der Waals surface area contributed by atoms with Crippen molar-refractivity contribution in [2.24, 2.45) is 5.92 Å². The smallest absolute Gasteiger partial charge is 0.228 e. The van der Waals surface area contributed by atoms with Crippen molar-refractivity contribution in [3.8, 4) is 0 Å². The zero-order valence-corrected chi connectivity index (χ0v) is 15.1. The number of pyridine rings is 1. The molecule has 0 unspecified atom stereocenters. The van der Waals surface area contributed by atoms with E-state index in [0.29, 0.717) is 6.54 Å². The maximum atomic E-state index is 13.1. The molecule has 2 aromatic rings. The molecule has 3 rings (SSSR count). The lowest BCUT2D eigenvalue weighted by Gasteiger charge is -2.36. The quantitative estimate of drug-likeness (QED) is 0.836. The zero-order chi connectivity index (χ0) is 16.9. The third-order valence-electron chi connectivity index (χ3n) is 4.44. The lowest BCUT2D eigenvalue weighted by molar-refractivity contribution is -0.138. The Morgan fingerprint density at radius 1 is 1.46 bits per heavy atom. The SMILES string of the molecule is CC(C)N(Cc1cccnc1)C(=O)[C@H]1CCCN(c2nccs2)C1. The Kier molecular flexibility index (Phi) is 5.45. The van der Waals surface area contributed by atoms with Crippen molar-refractivity contribution in [1.29, 1.82) is 0 Å². The average Bonchev–Trinajstić information content (AvgIpc) is 3.14. The van der Waals surface area contributed by atoms with Crippen molar-refractivity contribution in [1.82, 2.24) is 14.9 Å². The largest absolute Gasteiger partial charge is 0.347 e. The number of carbonyl (C=O) groups excluding carboxylic acids is 1. The van der Waals surface area contributed by atoms with Gasteiger partial charge >= 0.3 is 0 Å². The van der Waals surface area contributed by atoms with Crippen LogP contribution < -0.4 is 4.90 Å². The number of amides is 1. The summed E-state index contributed by atoms with van der Waals surface area (Å²) in [5.74, 6) is 0.289. The van der Waals surface area contributed by atoms with E-state index in [1.54, 1.807) is 17.5 Å². The summed E-state index contributed by atoms with van der Waals surface area (Å²) in [6.45, 7) is 6.54. The zero-order valence-electron chi connectivity index (χ0n) is 14.3. The summed E-state index contributed by atoms with van der Waals surface area (Å²) >= 11 is 1.64. The van der Waals surface area contributed by atoms with E-state index in [1.165, 1.54) is 0 Å². The lowest BCUT2D eigenvalue weighted by atomic mass is 9.96. The fraction of sp³-hybridized carbons (Fsp3) is 0.500. The molecule has 128 valence electrons. The third-order valence-corrected chi connectivity index (χ3v) is 5.27. The van der Waals surface area contributed by atoms with E-state index in [1.807, 2.05) is 34.8 Å². The van der Waals surface area contributed by atoms with Gasteiger partial charge in [-0.15, -0.1) is 11.3 Å². The van der Waals surface area contributed by atoms with Crippen molar-refractivity contribution in [2.75, 3.05) is 18.0 Å². The van der Waals surface area contributed by atoms with Crippen molar-refractivity contribution in [3.05, 3.63) is 41.7 Å². The average molecular weight is 344 g/mol. The molecule has 1 amide bonds. The number of hydrogen-bond acceptors (Lipinski definition) is 5. The third kappa shape index (κ3) is 3.93. The fourth-order valence-corrected chi connectivity index (χ4v) is 3.84. The van der Waals surface area contributed by atoms with Crippen LogP contribution >= 0.6 is 11.3 Å². The second-order valence-corrected chi connectivity index (χ2v) is 7.39. The molecule has 0 saturated carbocycles. The van der Waals surface area contributed by atoms with Crippen molar-refractivity contribution >= 4 is 22.4 Å². The molecule has 3 heterocycles. The van der Waals surface area contributed by atoms with Gasteiger partial charge in [0, 0.05) is 49.6 Å². The van der Waals surface area contributed by atoms with Crippen LogP contribution in [0.2, 0.25) is 0 Å². The summed E-state index contributed by atoms with van der Waals surface area (Å²) in [5.41, 5.74) is 1.08. The molecule has 0 aliphatic carbocycles. The van der Waals surface area contributed by atoms with Gasteiger partial charge in [0.2, 0.25) is 5.91 Å². The van der Waals surface area contributed by atoms with E-state index in [2.05, 4.69) is 28.7 Å². The van der Waals surface area contributed by atoms with Gasteiger partial charge in [-0.1, -0.05) is 6.07 Å². The van der Waals surface area contributed by atoms with Crippen LogP contribution in [0.4, 0.5) is 5.13 Å². The van der Waals surface area contributed by atoms with Gasteiger partial charge in [-0.05, 0) is 38.3 Å². The summed E-state index contributed by atoms with van der Waals surface area (Å²) in [5, 5.41) is 3.01.